The Bertz CT molecular complexity index is 640. The number of carbonyl (C=O) groups excluding carboxylic acids is 1. The van der Waals surface area contributed by atoms with Crippen LogP contribution in [-0.2, 0) is 4.79 Å². The van der Waals surface area contributed by atoms with Crippen LogP contribution in [0, 0.1) is 0 Å². The van der Waals surface area contributed by atoms with Gasteiger partial charge in [0.25, 0.3) is 5.91 Å². The number of ether oxygens (including phenoxy) is 3. The number of hydrogen-bond donors (Lipinski definition) is 1. The van der Waals surface area contributed by atoms with E-state index in [1.54, 1.807) is 50.6 Å². The maximum atomic E-state index is 12.4. The largest absolute Gasteiger partial charge is 0.497 e. The van der Waals surface area contributed by atoms with E-state index < -0.39 is 6.10 Å². The van der Waals surface area contributed by atoms with Crippen molar-refractivity contribution in [3.05, 3.63) is 48.5 Å². The summed E-state index contributed by atoms with van der Waals surface area (Å²) in [5, 5.41) is 2.84. The van der Waals surface area contributed by atoms with Crippen LogP contribution in [0.2, 0.25) is 0 Å². The topological polar surface area (TPSA) is 56.8 Å². The van der Waals surface area contributed by atoms with Crippen LogP contribution in [0.15, 0.2) is 48.5 Å². The number of methoxy groups -OCH3 is 2. The summed E-state index contributed by atoms with van der Waals surface area (Å²) in [6.07, 6.45) is -0.0247. The average molecular weight is 315 g/mol. The number of rotatable bonds is 7. The van der Waals surface area contributed by atoms with Crippen molar-refractivity contribution in [3.63, 3.8) is 0 Å². The molecule has 0 radical (unpaired) electrons. The van der Waals surface area contributed by atoms with E-state index in [2.05, 4.69) is 5.32 Å². The number of amides is 1. The molecule has 0 saturated carbocycles. The maximum absolute atomic E-state index is 12.4. The first kappa shape index (κ1) is 16.7. The minimum absolute atomic E-state index is 0.194. The fraction of sp³-hybridized carbons (Fsp3) is 0.278. The van der Waals surface area contributed by atoms with Gasteiger partial charge in [0.1, 0.15) is 17.2 Å². The molecule has 0 spiro atoms. The van der Waals surface area contributed by atoms with Gasteiger partial charge in [0.15, 0.2) is 6.10 Å². The molecule has 1 amide bonds. The van der Waals surface area contributed by atoms with Crippen molar-refractivity contribution in [2.45, 2.75) is 19.4 Å². The zero-order chi connectivity index (χ0) is 16.7. The third-order valence-electron chi connectivity index (χ3n) is 3.34. The Morgan fingerprint density at radius 3 is 2.26 bits per heavy atom. The van der Waals surface area contributed by atoms with Gasteiger partial charge in [-0.2, -0.15) is 0 Å². The molecule has 0 aliphatic rings. The van der Waals surface area contributed by atoms with E-state index in [-0.39, 0.29) is 5.91 Å². The predicted molar refractivity (Wildman–Crippen MR) is 89.3 cm³/mol. The molecule has 0 aromatic heterocycles. The van der Waals surface area contributed by atoms with Crippen molar-refractivity contribution in [3.8, 4) is 17.2 Å². The second-order valence-electron chi connectivity index (χ2n) is 4.91. The SMILES string of the molecule is CC[C@@H](Oc1cccc(OC)c1)C(=O)Nc1ccc(OC)cc1. The smallest absolute Gasteiger partial charge is 0.265 e. The second kappa shape index (κ2) is 8.08. The van der Waals surface area contributed by atoms with E-state index in [1.165, 1.54) is 0 Å². The lowest BCUT2D eigenvalue weighted by Crippen LogP contribution is -2.32. The van der Waals surface area contributed by atoms with Gasteiger partial charge in [0, 0.05) is 11.8 Å². The van der Waals surface area contributed by atoms with Crippen LogP contribution in [0.3, 0.4) is 0 Å². The Balaban J connectivity index is 2.02. The molecule has 0 aliphatic carbocycles. The molecule has 1 atom stereocenters. The molecule has 1 N–H and O–H groups in total. The first-order valence-electron chi connectivity index (χ1n) is 7.42. The van der Waals surface area contributed by atoms with Crippen molar-refractivity contribution in [2.75, 3.05) is 19.5 Å². The molecule has 23 heavy (non-hydrogen) atoms. The zero-order valence-electron chi connectivity index (χ0n) is 13.5. The fourth-order valence-electron chi connectivity index (χ4n) is 2.06. The Labute approximate surface area is 136 Å². The molecule has 0 heterocycles. The highest BCUT2D eigenvalue weighted by molar-refractivity contribution is 5.94. The number of hydrogen-bond acceptors (Lipinski definition) is 4. The molecule has 0 aliphatic heterocycles. The van der Waals surface area contributed by atoms with Crippen molar-refractivity contribution in [1.82, 2.24) is 0 Å². The van der Waals surface area contributed by atoms with Gasteiger partial charge in [-0.05, 0) is 42.8 Å². The number of nitrogens with one attached hydrogen (secondary N) is 1. The Morgan fingerprint density at radius 2 is 1.65 bits per heavy atom. The average Bonchev–Trinajstić information content (AvgIpc) is 2.60. The summed E-state index contributed by atoms with van der Waals surface area (Å²) in [6, 6.07) is 14.4. The van der Waals surface area contributed by atoms with Gasteiger partial charge in [0.05, 0.1) is 14.2 Å². The number of benzene rings is 2. The van der Waals surface area contributed by atoms with Gasteiger partial charge in [0.2, 0.25) is 0 Å². The van der Waals surface area contributed by atoms with Crippen LogP contribution in [-0.4, -0.2) is 26.2 Å². The molecule has 122 valence electrons. The lowest BCUT2D eigenvalue weighted by molar-refractivity contribution is -0.122. The lowest BCUT2D eigenvalue weighted by atomic mass is 10.2. The number of carbonyl (C=O) groups is 1. The summed E-state index contributed by atoms with van der Waals surface area (Å²) in [7, 11) is 3.19. The van der Waals surface area contributed by atoms with Gasteiger partial charge in [-0.3, -0.25) is 4.79 Å². The summed E-state index contributed by atoms with van der Waals surface area (Å²) in [5.74, 6) is 1.83. The molecule has 2 aromatic carbocycles. The van der Waals surface area contributed by atoms with Crippen LogP contribution in [0.25, 0.3) is 0 Å². The first-order valence-corrected chi connectivity index (χ1v) is 7.42. The minimum atomic E-state index is -0.579. The van der Waals surface area contributed by atoms with E-state index in [9.17, 15) is 4.79 Å². The third-order valence-corrected chi connectivity index (χ3v) is 3.34. The minimum Gasteiger partial charge on any atom is -0.497 e. The van der Waals surface area contributed by atoms with Gasteiger partial charge >= 0.3 is 0 Å². The molecule has 0 fully saturated rings. The first-order chi connectivity index (χ1) is 11.2. The van der Waals surface area contributed by atoms with Crippen LogP contribution in [0.4, 0.5) is 5.69 Å². The van der Waals surface area contributed by atoms with Crippen molar-refractivity contribution in [2.24, 2.45) is 0 Å². The summed E-state index contributed by atoms with van der Waals surface area (Å²) >= 11 is 0. The van der Waals surface area contributed by atoms with Gasteiger partial charge < -0.3 is 19.5 Å². The molecular weight excluding hydrogens is 294 g/mol. The van der Waals surface area contributed by atoms with Gasteiger partial charge in [-0.15, -0.1) is 0 Å². The van der Waals surface area contributed by atoms with E-state index in [0.717, 1.165) is 5.75 Å². The standard InChI is InChI=1S/C18H21NO4/c1-4-17(23-16-7-5-6-15(12-16)22-3)18(20)19-13-8-10-14(21-2)11-9-13/h5-12,17H,4H2,1-3H3,(H,19,20)/t17-/m1/s1. The molecule has 2 rings (SSSR count). The van der Waals surface area contributed by atoms with Crippen LogP contribution in [0.5, 0.6) is 17.2 Å². The molecule has 0 saturated heterocycles. The van der Waals surface area contributed by atoms with Crippen molar-refractivity contribution in [1.29, 1.82) is 0 Å². The second-order valence-corrected chi connectivity index (χ2v) is 4.91. The third kappa shape index (κ3) is 4.64. The normalized spacial score (nSPS) is 11.4. The summed E-state index contributed by atoms with van der Waals surface area (Å²) in [4.78, 5) is 12.4. The van der Waals surface area contributed by atoms with E-state index in [0.29, 0.717) is 23.6 Å². The zero-order valence-corrected chi connectivity index (χ0v) is 13.5. The number of anilines is 1. The van der Waals surface area contributed by atoms with E-state index >= 15 is 0 Å². The van der Waals surface area contributed by atoms with E-state index in [4.69, 9.17) is 14.2 Å². The quantitative estimate of drug-likeness (QED) is 0.849. The van der Waals surface area contributed by atoms with Crippen LogP contribution < -0.4 is 19.5 Å². The summed E-state index contributed by atoms with van der Waals surface area (Å²) in [5.41, 5.74) is 0.698. The molecule has 0 unspecified atom stereocenters. The lowest BCUT2D eigenvalue weighted by Gasteiger charge is -2.17. The molecule has 5 heteroatoms. The Hall–Kier alpha value is -2.69. The van der Waals surface area contributed by atoms with Crippen molar-refractivity contribution >= 4 is 11.6 Å². The van der Waals surface area contributed by atoms with Crippen LogP contribution >= 0.6 is 0 Å². The summed E-state index contributed by atoms with van der Waals surface area (Å²) < 4.78 is 16.0. The molecular formula is C18H21NO4. The Kier molecular flexibility index (Phi) is 5.86. The highest BCUT2D eigenvalue weighted by Gasteiger charge is 2.18. The van der Waals surface area contributed by atoms with Gasteiger partial charge in [-0.1, -0.05) is 13.0 Å². The maximum Gasteiger partial charge on any atom is 0.265 e. The Morgan fingerprint density at radius 1 is 1.00 bits per heavy atom. The van der Waals surface area contributed by atoms with Crippen LogP contribution in [0.1, 0.15) is 13.3 Å². The van der Waals surface area contributed by atoms with Crippen molar-refractivity contribution < 1.29 is 19.0 Å². The van der Waals surface area contributed by atoms with E-state index in [1.807, 2.05) is 19.1 Å². The van der Waals surface area contributed by atoms with Gasteiger partial charge in [-0.25, -0.2) is 0 Å². The monoisotopic (exact) mass is 315 g/mol. The molecule has 0 bridgehead atoms. The highest BCUT2D eigenvalue weighted by atomic mass is 16.5. The fourth-order valence-corrected chi connectivity index (χ4v) is 2.06. The summed E-state index contributed by atoms with van der Waals surface area (Å²) in [6.45, 7) is 1.90. The molecule has 5 nitrogen and oxygen atoms in total. The highest BCUT2D eigenvalue weighted by Crippen LogP contribution is 2.21. The predicted octanol–water partition coefficient (Wildman–Crippen LogP) is 3.50. The molecule has 2 aromatic rings.